The fourth-order valence-electron chi connectivity index (χ4n) is 5.20. The molecule has 158 valence electrons. The third-order valence-electron chi connectivity index (χ3n) is 6.34. The van der Waals surface area contributed by atoms with Gasteiger partial charge in [-0.1, -0.05) is 54.6 Å². The van der Waals surface area contributed by atoms with Crippen molar-refractivity contribution < 1.29 is 23.9 Å². The Morgan fingerprint density at radius 2 is 1.58 bits per heavy atom. The average Bonchev–Trinajstić information content (AvgIpc) is 3.05. The first kappa shape index (κ1) is 19.5. The van der Waals surface area contributed by atoms with E-state index in [0.29, 0.717) is 5.56 Å². The number of esters is 2. The number of rotatable bonds is 2. The lowest BCUT2D eigenvalue weighted by Gasteiger charge is -2.44. The molecule has 31 heavy (non-hydrogen) atoms. The highest BCUT2D eigenvalue weighted by Gasteiger charge is 2.74. The van der Waals surface area contributed by atoms with Gasteiger partial charge < -0.3 is 9.47 Å². The zero-order valence-corrected chi connectivity index (χ0v) is 17.4. The fraction of sp³-hybridized carbons (Fsp3) is 0.333. The van der Waals surface area contributed by atoms with E-state index in [4.69, 9.17) is 9.47 Å². The van der Waals surface area contributed by atoms with Crippen LogP contribution in [-0.2, 0) is 23.9 Å². The minimum absolute atomic E-state index is 0.197. The first-order chi connectivity index (χ1) is 14.8. The molecule has 2 aromatic carbocycles. The molecule has 3 atom stereocenters. The summed E-state index contributed by atoms with van der Waals surface area (Å²) >= 11 is 0. The highest BCUT2D eigenvalue weighted by Crippen LogP contribution is 2.62. The number of Topliss-reactive ketones (excluding diaryl/α,β-unsaturated/α-hetero) is 1. The van der Waals surface area contributed by atoms with Crippen molar-refractivity contribution in [3.05, 3.63) is 71.3 Å². The quantitative estimate of drug-likeness (QED) is 0.551. The zero-order valence-electron chi connectivity index (χ0n) is 17.4. The number of carbonyl (C=O) groups excluding carboxylic acids is 3. The molecule has 0 radical (unpaired) electrons. The lowest BCUT2D eigenvalue weighted by atomic mass is 9.65. The van der Waals surface area contributed by atoms with Gasteiger partial charge in [0.1, 0.15) is 12.1 Å². The molecule has 5 rings (SSSR count). The van der Waals surface area contributed by atoms with E-state index in [1.165, 1.54) is 20.8 Å². The molecule has 0 N–H and O–H groups in total. The molecule has 3 aliphatic rings. The molecular weight excluding hydrogens is 396 g/mol. The molecule has 0 aliphatic carbocycles. The Kier molecular flexibility index (Phi) is 4.09. The normalized spacial score (nSPS) is 27.3. The molecule has 0 bridgehead atoms. The summed E-state index contributed by atoms with van der Waals surface area (Å²) in [6, 6.07) is 14.9. The Hall–Kier alpha value is -3.48. The van der Waals surface area contributed by atoms with Gasteiger partial charge in [0.25, 0.3) is 5.79 Å². The molecule has 7 nitrogen and oxygen atoms in total. The number of ketones is 1. The summed E-state index contributed by atoms with van der Waals surface area (Å²) in [5, 5.41) is 6.12. The van der Waals surface area contributed by atoms with Crippen LogP contribution in [0.1, 0.15) is 49.4 Å². The molecule has 3 aliphatic heterocycles. The van der Waals surface area contributed by atoms with Crippen molar-refractivity contribution in [1.29, 1.82) is 0 Å². The van der Waals surface area contributed by atoms with E-state index in [-0.39, 0.29) is 5.78 Å². The molecule has 0 saturated carbocycles. The number of hydrogen-bond acceptors (Lipinski definition) is 7. The van der Waals surface area contributed by atoms with E-state index in [0.717, 1.165) is 11.1 Å². The Labute approximate surface area is 179 Å². The lowest BCUT2D eigenvalue weighted by molar-refractivity contribution is -0.254. The van der Waals surface area contributed by atoms with Gasteiger partial charge >= 0.3 is 11.9 Å². The van der Waals surface area contributed by atoms with Gasteiger partial charge in [-0.25, -0.2) is 0 Å². The van der Waals surface area contributed by atoms with Gasteiger partial charge in [0, 0.05) is 19.8 Å². The molecular formula is C24H22N2O5. The smallest absolute Gasteiger partial charge is 0.330 e. The second-order valence-corrected chi connectivity index (χ2v) is 8.65. The zero-order chi connectivity index (χ0) is 22.0. The first-order valence-corrected chi connectivity index (χ1v) is 10.2. The van der Waals surface area contributed by atoms with Crippen molar-refractivity contribution in [2.75, 3.05) is 0 Å². The van der Waals surface area contributed by atoms with Crippen LogP contribution in [0, 0.1) is 5.41 Å². The van der Waals surface area contributed by atoms with E-state index < -0.39 is 41.1 Å². The molecule has 0 unspecified atom stereocenters. The van der Waals surface area contributed by atoms with Crippen LogP contribution in [0.15, 0.2) is 59.7 Å². The van der Waals surface area contributed by atoms with Gasteiger partial charge in [0.15, 0.2) is 5.78 Å². The fourth-order valence-corrected chi connectivity index (χ4v) is 5.20. The number of cyclic esters (lactones) is 2. The maximum absolute atomic E-state index is 13.7. The number of hydrazone groups is 1. The van der Waals surface area contributed by atoms with Crippen LogP contribution < -0.4 is 0 Å². The van der Waals surface area contributed by atoms with E-state index in [1.54, 1.807) is 11.2 Å². The number of fused-ring (bicyclic) bond motifs is 4. The molecule has 2 fully saturated rings. The largest absolute Gasteiger partial charge is 0.422 e. The van der Waals surface area contributed by atoms with Crippen LogP contribution in [0.4, 0.5) is 0 Å². The van der Waals surface area contributed by atoms with Gasteiger partial charge in [-0.15, -0.1) is 0 Å². The van der Waals surface area contributed by atoms with Crippen molar-refractivity contribution in [3.63, 3.8) is 0 Å². The van der Waals surface area contributed by atoms with Crippen LogP contribution >= 0.6 is 0 Å². The first-order valence-electron chi connectivity index (χ1n) is 10.2. The van der Waals surface area contributed by atoms with Gasteiger partial charge in [-0.05, 0) is 23.6 Å². The molecule has 7 heteroatoms. The number of hydrogen-bond donors (Lipinski definition) is 0. The second-order valence-electron chi connectivity index (χ2n) is 8.65. The van der Waals surface area contributed by atoms with Crippen molar-refractivity contribution in [1.82, 2.24) is 5.01 Å². The Morgan fingerprint density at radius 1 is 0.968 bits per heavy atom. The lowest BCUT2D eigenvalue weighted by Crippen LogP contribution is -2.58. The van der Waals surface area contributed by atoms with E-state index in [9.17, 15) is 14.4 Å². The average molecular weight is 418 g/mol. The van der Waals surface area contributed by atoms with E-state index in [2.05, 4.69) is 5.10 Å². The van der Waals surface area contributed by atoms with Gasteiger partial charge in [0.2, 0.25) is 5.41 Å². The van der Waals surface area contributed by atoms with Crippen LogP contribution in [0.5, 0.6) is 0 Å². The summed E-state index contributed by atoms with van der Waals surface area (Å²) < 4.78 is 11.3. The SMILES string of the molecule is CC(=O)[C@H]1[C@@H](c2ccccc2)C2(C(=O)OC(C)(C)OC2=O)[C@H]2c3ccccc3C=NN12. The van der Waals surface area contributed by atoms with Crippen LogP contribution in [0.3, 0.4) is 0 Å². The summed E-state index contributed by atoms with van der Waals surface area (Å²) in [5.41, 5.74) is 0.417. The summed E-state index contributed by atoms with van der Waals surface area (Å²) in [6.07, 6.45) is 1.66. The molecule has 2 aromatic rings. The number of nitrogens with zero attached hydrogens (tertiary/aromatic N) is 2. The maximum atomic E-state index is 13.7. The number of ether oxygens (including phenoxy) is 2. The molecule has 0 aromatic heterocycles. The van der Waals surface area contributed by atoms with Gasteiger partial charge in [-0.3, -0.25) is 19.4 Å². The minimum atomic E-state index is -1.78. The third-order valence-corrected chi connectivity index (χ3v) is 6.34. The van der Waals surface area contributed by atoms with Crippen LogP contribution in [0.25, 0.3) is 0 Å². The number of benzene rings is 2. The third kappa shape index (κ3) is 2.59. The summed E-state index contributed by atoms with van der Waals surface area (Å²) in [6.45, 7) is 4.50. The van der Waals surface area contributed by atoms with Crippen molar-refractivity contribution in [2.24, 2.45) is 10.5 Å². The Bertz CT molecular complexity index is 1100. The molecule has 3 heterocycles. The van der Waals surface area contributed by atoms with Crippen molar-refractivity contribution in [3.8, 4) is 0 Å². The summed E-state index contributed by atoms with van der Waals surface area (Å²) in [4.78, 5) is 40.4. The number of carbonyl (C=O) groups is 3. The monoisotopic (exact) mass is 418 g/mol. The van der Waals surface area contributed by atoms with E-state index in [1.807, 2.05) is 54.6 Å². The predicted octanol–water partition coefficient (Wildman–Crippen LogP) is 2.95. The van der Waals surface area contributed by atoms with Crippen LogP contribution in [-0.4, -0.2) is 40.8 Å². The standard InChI is InChI=1S/C24H22N2O5/c1-14(27)19-18(15-9-5-4-6-10-15)24(21(28)30-23(2,3)31-22(24)29)20-17-12-8-7-11-16(17)13-25-26(19)20/h4-13,18-20H,1-3H3/t18-,19+,20-/m1/s1. The van der Waals surface area contributed by atoms with Gasteiger partial charge in [-0.2, -0.15) is 5.10 Å². The Morgan fingerprint density at radius 3 is 2.23 bits per heavy atom. The Balaban J connectivity index is 1.83. The maximum Gasteiger partial charge on any atom is 0.330 e. The van der Waals surface area contributed by atoms with E-state index >= 15 is 0 Å². The van der Waals surface area contributed by atoms with Crippen LogP contribution in [0.2, 0.25) is 0 Å². The molecule has 0 amide bonds. The second kappa shape index (κ2) is 6.51. The minimum Gasteiger partial charge on any atom is -0.422 e. The van der Waals surface area contributed by atoms with Crippen molar-refractivity contribution in [2.45, 2.75) is 44.6 Å². The predicted molar refractivity (Wildman–Crippen MR) is 111 cm³/mol. The highest BCUT2D eigenvalue weighted by atomic mass is 16.7. The van der Waals surface area contributed by atoms with Gasteiger partial charge in [0.05, 0.1) is 6.21 Å². The highest BCUT2D eigenvalue weighted by molar-refractivity contribution is 6.07. The summed E-state index contributed by atoms with van der Waals surface area (Å²) in [7, 11) is 0. The summed E-state index contributed by atoms with van der Waals surface area (Å²) in [5.74, 6) is -3.81. The van der Waals surface area contributed by atoms with Crippen molar-refractivity contribution >= 4 is 23.9 Å². The topological polar surface area (TPSA) is 85.3 Å². The molecule has 1 spiro atoms. The molecule has 2 saturated heterocycles.